The van der Waals surface area contributed by atoms with Crippen LogP contribution in [0, 0.1) is 0 Å². The largest absolute Gasteiger partial charge is 0.361 e. The van der Waals surface area contributed by atoms with Gasteiger partial charge in [0.05, 0.1) is 6.04 Å². The zero-order valence-electron chi connectivity index (χ0n) is 12.4. The molecule has 22 heavy (non-hydrogen) atoms. The number of carbonyl (C=O) groups excluding carboxylic acids is 1. The van der Waals surface area contributed by atoms with Crippen LogP contribution in [0.2, 0.25) is 0 Å². The highest BCUT2D eigenvalue weighted by Gasteiger charge is 2.19. The Morgan fingerprint density at radius 1 is 1.41 bits per heavy atom. The lowest BCUT2D eigenvalue weighted by Crippen LogP contribution is -2.44. The molecule has 2 aromatic rings. The summed E-state index contributed by atoms with van der Waals surface area (Å²) in [5.41, 5.74) is 8.26. The molecular formula is C16H21N3OS2. The van der Waals surface area contributed by atoms with E-state index in [1.54, 1.807) is 0 Å². The van der Waals surface area contributed by atoms with E-state index < -0.39 is 6.04 Å². The van der Waals surface area contributed by atoms with Crippen LogP contribution in [0.4, 0.5) is 0 Å². The van der Waals surface area contributed by atoms with Crippen LogP contribution in [0.5, 0.6) is 0 Å². The van der Waals surface area contributed by atoms with E-state index in [1.807, 2.05) is 47.9 Å². The Balaban J connectivity index is 1.54. The first-order valence-corrected chi connectivity index (χ1v) is 9.72. The Morgan fingerprint density at radius 2 is 2.27 bits per heavy atom. The fourth-order valence-corrected chi connectivity index (χ4v) is 5.24. The van der Waals surface area contributed by atoms with Gasteiger partial charge in [0.1, 0.15) is 0 Å². The molecule has 1 aromatic heterocycles. The van der Waals surface area contributed by atoms with Crippen molar-refractivity contribution in [1.29, 1.82) is 0 Å². The minimum atomic E-state index is -0.500. The smallest absolute Gasteiger partial charge is 0.237 e. The Hall–Kier alpha value is -1.11. The van der Waals surface area contributed by atoms with Crippen molar-refractivity contribution in [1.82, 2.24) is 10.3 Å². The van der Waals surface area contributed by atoms with Gasteiger partial charge in [-0.25, -0.2) is 0 Å². The van der Waals surface area contributed by atoms with Gasteiger partial charge in [-0.15, -0.1) is 0 Å². The van der Waals surface area contributed by atoms with E-state index in [2.05, 4.69) is 16.4 Å². The van der Waals surface area contributed by atoms with Crippen molar-refractivity contribution in [3.63, 3.8) is 0 Å². The maximum absolute atomic E-state index is 12.2. The first-order valence-electron chi connectivity index (χ1n) is 7.51. The molecule has 3 rings (SSSR count). The third-order valence-corrected chi connectivity index (χ3v) is 6.69. The summed E-state index contributed by atoms with van der Waals surface area (Å²) in [7, 11) is 0. The lowest BCUT2D eigenvalue weighted by molar-refractivity contribution is -0.122. The molecule has 1 aromatic carbocycles. The van der Waals surface area contributed by atoms with Gasteiger partial charge < -0.3 is 16.0 Å². The van der Waals surface area contributed by atoms with Crippen molar-refractivity contribution >= 4 is 40.3 Å². The van der Waals surface area contributed by atoms with Gasteiger partial charge in [-0.2, -0.15) is 23.5 Å². The number of hydrogen-bond donors (Lipinski definition) is 3. The second-order valence-electron chi connectivity index (χ2n) is 5.48. The van der Waals surface area contributed by atoms with E-state index in [0.29, 0.717) is 11.7 Å². The average molecular weight is 335 g/mol. The molecule has 1 fully saturated rings. The van der Waals surface area contributed by atoms with Gasteiger partial charge in [0.2, 0.25) is 5.91 Å². The fraction of sp³-hybridized carbons (Fsp3) is 0.438. The van der Waals surface area contributed by atoms with Gasteiger partial charge >= 0.3 is 0 Å². The average Bonchev–Trinajstić information content (AvgIpc) is 2.97. The van der Waals surface area contributed by atoms with Crippen LogP contribution < -0.4 is 11.1 Å². The summed E-state index contributed by atoms with van der Waals surface area (Å²) in [6.45, 7) is 0.720. The molecule has 2 heterocycles. The molecule has 0 saturated carbocycles. The highest BCUT2D eigenvalue weighted by Crippen LogP contribution is 2.23. The number of para-hydroxylation sites is 1. The lowest BCUT2D eigenvalue weighted by atomic mass is 10.1. The molecule has 1 amide bonds. The van der Waals surface area contributed by atoms with Gasteiger partial charge in [0.15, 0.2) is 0 Å². The number of aromatic nitrogens is 1. The predicted octanol–water partition coefficient (Wildman–Crippen LogP) is 2.00. The molecule has 0 bridgehead atoms. The standard InChI is InChI=1S/C16H21N3OS2/c17-14(16(20)19-9-12-10-21-5-6-22-12)7-11-8-18-15-4-2-1-3-13(11)15/h1-4,8,12,14,18H,5-7,9-10,17H2,(H,19,20)/t12?,14-/m0/s1. The summed E-state index contributed by atoms with van der Waals surface area (Å²) >= 11 is 3.90. The number of amides is 1. The molecule has 118 valence electrons. The minimum absolute atomic E-state index is 0.0542. The van der Waals surface area contributed by atoms with E-state index >= 15 is 0 Å². The summed E-state index contributed by atoms with van der Waals surface area (Å²) in [5.74, 6) is 3.45. The molecule has 4 N–H and O–H groups in total. The first kappa shape index (κ1) is 15.8. The van der Waals surface area contributed by atoms with E-state index in [1.165, 1.54) is 11.5 Å². The summed E-state index contributed by atoms with van der Waals surface area (Å²) in [4.78, 5) is 15.4. The van der Waals surface area contributed by atoms with Crippen LogP contribution in [0.15, 0.2) is 30.5 Å². The van der Waals surface area contributed by atoms with Crippen molar-refractivity contribution in [2.24, 2.45) is 5.73 Å². The van der Waals surface area contributed by atoms with E-state index in [0.717, 1.165) is 28.8 Å². The number of hydrogen-bond acceptors (Lipinski definition) is 4. The summed E-state index contributed by atoms with van der Waals surface area (Å²) in [6, 6.07) is 7.59. The molecule has 0 spiro atoms. The van der Waals surface area contributed by atoms with Gasteiger partial charge in [-0.05, 0) is 18.1 Å². The Morgan fingerprint density at radius 3 is 3.09 bits per heavy atom. The Kier molecular flexibility index (Phi) is 5.33. The van der Waals surface area contributed by atoms with Crippen molar-refractivity contribution in [3.8, 4) is 0 Å². The zero-order chi connectivity index (χ0) is 15.4. The number of benzene rings is 1. The normalized spacial score (nSPS) is 20.0. The first-order chi connectivity index (χ1) is 10.7. The lowest BCUT2D eigenvalue weighted by Gasteiger charge is -2.22. The summed E-state index contributed by atoms with van der Waals surface area (Å²) < 4.78 is 0. The summed E-state index contributed by atoms with van der Waals surface area (Å²) in [6.07, 6.45) is 2.51. The van der Waals surface area contributed by atoms with Crippen LogP contribution in [-0.4, -0.2) is 46.0 Å². The SMILES string of the molecule is N[C@@H](Cc1c[nH]c2ccccc12)C(=O)NCC1CSCCS1. The minimum Gasteiger partial charge on any atom is -0.361 e. The molecule has 6 heteroatoms. The number of carbonyl (C=O) groups is 1. The van der Waals surface area contributed by atoms with Crippen molar-refractivity contribution in [2.75, 3.05) is 23.8 Å². The number of rotatable bonds is 5. The Labute approximate surface area is 139 Å². The maximum atomic E-state index is 12.2. The van der Waals surface area contributed by atoms with Gasteiger partial charge in [-0.1, -0.05) is 18.2 Å². The molecule has 1 aliphatic rings. The molecular weight excluding hydrogens is 314 g/mol. The number of nitrogens with one attached hydrogen (secondary N) is 2. The molecule has 1 unspecified atom stereocenters. The molecule has 1 aliphatic heterocycles. The number of H-pyrrole nitrogens is 1. The van der Waals surface area contributed by atoms with E-state index in [9.17, 15) is 4.79 Å². The molecule has 4 nitrogen and oxygen atoms in total. The number of thioether (sulfide) groups is 2. The zero-order valence-corrected chi connectivity index (χ0v) is 14.0. The number of nitrogens with two attached hydrogens (primary N) is 1. The fourth-order valence-electron chi connectivity index (χ4n) is 2.63. The van der Waals surface area contributed by atoms with Crippen LogP contribution in [0.3, 0.4) is 0 Å². The van der Waals surface area contributed by atoms with Crippen molar-refractivity contribution < 1.29 is 4.79 Å². The highest BCUT2D eigenvalue weighted by atomic mass is 32.2. The third kappa shape index (κ3) is 3.80. The number of fused-ring (bicyclic) bond motifs is 1. The molecule has 0 aliphatic carbocycles. The van der Waals surface area contributed by atoms with Gasteiger partial charge in [-0.3, -0.25) is 4.79 Å². The van der Waals surface area contributed by atoms with Crippen LogP contribution in [0.1, 0.15) is 5.56 Å². The predicted molar refractivity (Wildman–Crippen MR) is 96.6 cm³/mol. The van der Waals surface area contributed by atoms with E-state index in [-0.39, 0.29) is 5.91 Å². The molecule has 1 saturated heterocycles. The van der Waals surface area contributed by atoms with Crippen molar-refractivity contribution in [2.45, 2.75) is 17.7 Å². The van der Waals surface area contributed by atoms with E-state index in [4.69, 9.17) is 5.73 Å². The third-order valence-electron chi connectivity index (χ3n) is 3.84. The second-order valence-corrected chi connectivity index (χ2v) is 8.04. The van der Waals surface area contributed by atoms with Crippen LogP contribution >= 0.6 is 23.5 Å². The van der Waals surface area contributed by atoms with Gasteiger partial charge in [0.25, 0.3) is 0 Å². The van der Waals surface area contributed by atoms with Crippen LogP contribution in [-0.2, 0) is 11.2 Å². The molecule has 0 radical (unpaired) electrons. The quantitative estimate of drug-likeness (QED) is 0.782. The van der Waals surface area contributed by atoms with Gasteiger partial charge in [0, 0.05) is 46.2 Å². The second kappa shape index (κ2) is 7.44. The van der Waals surface area contributed by atoms with Crippen LogP contribution in [0.25, 0.3) is 10.9 Å². The topological polar surface area (TPSA) is 70.9 Å². The number of aromatic amines is 1. The maximum Gasteiger partial charge on any atom is 0.237 e. The molecule has 2 atom stereocenters. The highest BCUT2D eigenvalue weighted by molar-refractivity contribution is 8.06. The monoisotopic (exact) mass is 335 g/mol. The van der Waals surface area contributed by atoms with Crippen molar-refractivity contribution in [3.05, 3.63) is 36.0 Å². The summed E-state index contributed by atoms with van der Waals surface area (Å²) in [5, 5.41) is 4.66. The Bertz CT molecular complexity index is 637.